The Hall–Kier alpha value is -3.66. The molecule has 0 bridgehead atoms. The van der Waals surface area contributed by atoms with Crippen LogP contribution in [0.4, 0.5) is 0 Å². The number of ether oxygens (including phenoxy) is 1. The summed E-state index contributed by atoms with van der Waals surface area (Å²) in [5.74, 6) is 5.90. The van der Waals surface area contributed by atoms with Crippen LogP contribution < -0.4 is 15.6 Å². The van der Waals surface area contributed by atoms with Crippen molar-refractivity contribution < 1.29 is 9.53 Å². The molecule has 3 aromatic rings. The molecule has 1 N–H and O–H groups in total. The zero-order valence-electron chi connectivity index (χ0n) is 13.9. The highest BCUT2D eigenvalue weighted by Gasteiger charge is 2.06. The molecular formula is C19H16N4O3. The maximum Gasteiger partial charge on any atom is 0.261 e. The van der Waals surface area contributed by atoms with Gasteiger partial charge in [-0.25, -0.2) is 4.98 Å². The van der Waals surface area contributed by atoms with E-state index in [-0.39, 0.29) is 31.2 Å². The van der Waals surface area contributed by atoms with Crippen molar-refractivity contribution in [3.63, 3.8) is 0 Å². The van der Waals surface area contributed by atoms with Gasteiger partial charge in [0, 0.05) is 6.20 Å². The van der Waals surface area contributed by atoms with Crippen molar-refractivity contribution in [3.8, 4) is 17.6 Å². The maximum absolute atomic E-state index is 12.3. The molecule has 0 unspecified atom stereocenters. The summed E-state index contributed by atoms with van der Waals surface area (Å²) in [5.41, 5.74) is 0.357. The number of aromatic nitrogens is 3. The molecule has 0 atom stereocenters. The molecule has 2 aromatic heterocycles. The lowest BCUT2D eigenvalue weighted by Crippen LogP contribution is -2.32. The number of nitrogens with one attached hydrogen (secondary N) is 1. The number of carbonyl (C=O) groups is 1. The minimum Gasteiger partial charge on any atom is -0.479 e. The van der Waals surface area contributed by atoms with Gasteiger partial charge >= 0.3 is 0 Å². The fourth-order valence-electron chi connectivity index (χ4n) is 2.24. The van der Waals surface area contributed by atoms with Gasteiger partial charge < -0.3 is 10.1 Å². The van der Waals surface area contributed by atoms with E-state index in [4.69, 9.17) is 4.74 Å². The van der Waals surface area contributed by atoms with Gasteiger partial charge in [0.05, 0.1) is 30.0 Å². The van der Waals surface area contributed by atoms with Crippen LogP contribution in [0.15, 0.2) is 59.9 Å². The largest absolute Gasteiger partial charge is 0.479 e. The quantitative estimate of drug-likeness (QED) is 0.695. The summed E-state index contributed by atoms with van der Waals surface area (Å²) in [4.78, 5) is 32.4. The highest BCUT2D eigenvalue weighted by atomic mass is 16.5. The van der Waals surface area contributed by atoms with Gasteiger partial charge in [-0.2, -0.15) is 0 Å². The molecule has 1 amide bonds. The molecule has 1 aromatic carbocycles. The third-order valence-electron chi connectivity index (χ3n) is 3.49. The van der Waals surface area contributed by atoms with Crippen LogP contribution in [0.5, 0.6) is 5.75 Å². The van der Waals surface area contributed by atoms with Gasteiger partial charge in [-0.3, -0.25) is 19.1 Å². The molecule has 3 rings (SSSR count). The van der Waals surface area contributed by atoms with E-state index in [0.717, 1.165) is 0 Å². The number of nitrogens with zero attached hydrogens (tertiary/aromatic N) is 3. The van der Waals surface area contributed by atoms with Gasteiger partial charge in [-0.15, -0.1) is 0 Å². The fraction of sp³-hybridized carbons (Fsp3) is 0.158. The molecule has 7 heteroatoms. The number of benzene rings is 1. The number of hydrogen-bond acceptors (Lipinski definition) is 5. The fourth-order valence-corrected chi connectivity index (χ4v) is 2.24. The first-order valence-electron chi connectivity index (χ1n) is 7.93. The molecule has 0 saturated heterocycles. The molecule has 0 aliphatic heterocycles. The monoisotopic (exact) mass is 348 g/mol. The summed E-state index contributed by atoms with van der Waals surface area (Å²) < 4.78 is 6.64. The van der Waals surface area contributed by atoms with Crippen molar-refractivity contribution in [3.05, 3.63) is 65.5 Å². The Morgan fingerprint density at radius 2 is 2.08 bits per heavy atom. The molecule has 0 spiro atoms. The lowest BCUT2D eigenvalue weighted by molar-refractivity contribution is -0.121. The molecule has 0 aliphatic rings. The number of carbonyl (C=O) groups excluding carboxylic acids is 1. The van der Waals surface area contributed by atoms with Crippen molar-refractivity contribution >= 4 is 16.8 Å². The Bertz CT molecular complexity index is 1020. The maximum atomic E-state index is 12.3. The molecule has 0 fully saturated rings. The second-order valence-corrected chi connectivity index (χ2v) is 5.30. The zero-order chi connectivity index (χ0) is 18.2. The van der Waals surface area contributed by atoms with E-state index >= 15 is 0 Å². The molecular weight excluding hydrogens is 332 g/mol. The average Bonchev–Trinajstić information content (AvgIpc) is 2.68. The topological polar surface area (TPSA) is 86.1 Å². The predicted octanol–water partition coefficient (Wildman–Crippen LogP) is 0.990. The molecule has 0 aliphatic carbocycles. The highest BCUT2D eigenvalue weighted by Crippen LogP contribution is 2.05. The normalized spacial score (nSPS) is 10.0. The van der Waals surface area contributed by atoms with Crippen LogP contribution >= 0.6 is 0 Å². The van der Waals surface area contributed by atoms with E-state index in [9.17, 15) is 9.59 Å². The molecule has 0 saturated carbocycles. The van der Waals surface area contributed by atoms with Crippen molar-refractivity contribution in [2.24, 2.45) is 0 Å². The van der Waals surface area contributed by atoms with Crippen LogP contribution in [-0.4, -0.2) is 33.6 Å². The van der Waals surface area contributed by atoms with E-state index < -0.39 is 0 Å². The van der Waals surface area contributed by atoms with Crippen LogP contribution in [0.3, 0.4) is 0 Å². The van der Waals surface area contributed by atoms with Crippen LogP contribution in [0.25, 0.3) is 10.9 Å². The van der Waals surface area contributed by atoms with Gasteiger partial charge in [0.2, 0.25) is 5.91 Å². The third-order valence-corrected chi connectivity index (χ3v) is 3.49. The second kappa shape index (κ2) is 8.44. The standard InChI is InChI=1S/C19H16N4O3/c24-18(21-10-3-4-11-26-15-6-5-9-20-12-15)13-23-14-22-17-8-2-1-7-16(17)19(23)25/h1-2,5-9,12,14H,10-11,13H2,(H,21,24). The van der Waals surface area contributed by atoms with E-state index in [1.807, 2.05) is 6.07 Å². The molecule has 7 nitrogen and oxygen atoms in total. The molecule has 130 valence electrons. The smallest absolute Gasteiger partial charge is 0.261 e. The SMILES string of the molecule is O=C(Cn1cnc2ccccc2c1=O)NCC#CCOc1cccnc1. The number of pyridine rings is 1. The van der Waals surface area contributed by atoms with Crippen LogP contribution in [-0.2, 0) is 11.3 Å². The zero-order valence-corrected chi connectivity index (χ0v) is 13.9. The summed E-state index contributed by atoms with van der Waals surface area (Å²) in [7, 11) is 0. The number of hydrogen-bond donors (Lipinski definition) is 1. The number of amides is 1. The first-order chi connectivity index (χ1) is 12.7. The Morgan fingerprint density at radius 3 is 2.92 bits per heavy atom. The lowest BCUT2D eigenvalue weighted by atomic mass is 10.2. The minimum absolute atomic E-state index is 0.107. The number of fused-ring (bicyclic) bond motifs is 1. The number of para-hydroxylation sites is 1. The summed E-state index contributed by atoms with van der Waals surface area (Å²) in [6.45, 7) is 0.269. The Balaban J connectivity index is 1.48. The van der Waals surface area contributed by atoms with E-state index in [1.54, 1.807) is 42.7 Å². The van der Waals surface area contributed by atoms with E-state index in [1.165, 1.54) is 10.9 Å². The second-order valence-electron chi connectivity index (χ2n) is 5.30. The molecule has 26 heavy (non-hydrogen) atoms. The van der Waals surface area contributed by atoms with Crippen molar-refractivity contribution in [1.82, 2.24) is 19.9 Å². The van der Waals surface area contributed by atoms with Gasteiger partial charge in [0.15, 0.2) is 0 Å². The first kappa shape index (κ1) is 17.2. The van der Waals surface area contributed by atoms with Crippen LogP contribution in [0, 0.1) is 11.8 Å². The van der Waals surface area contributed by atoms with Gasteiger partial charge in [0.1, 0.15) is 18.9 Å². The van der Waals surface area contributed by atoms with E-state index in [2.05, 4.69) is 27.1 Å². The summed E-state index contributed by atoms with van der Waals surface area (Å²) in [6, 6.07) is 10.6. The Labute approximate surface area is 149 Å². The lowest BCUT2D eigenvalue weighted by Gasteiger charge is -2.06. The van der Waals surface area contributed by atoms with Gasteiger partial charge in [-0.1, -0.05) is 24.0 Å². The summed E-state index contributed by atoms with van der Waals surface area (Å²) >= 11 is 0. The van der Waals surface area contributed by atoms with Gasteiger partial charge in [0.25, 0.3) is 5.56 Å². The van der Waals surface area contributed by atoms with Crippen molar-refractivity contribution in [2.45, 2.75) is 6.54 Å². The van der Waals surface area contributed by atoms with Crippen molar-refractivity contribution in [2.75, 3.05) is 13.2 Å². The minimum atomic E-state index is -0.313. The molecule has 0 radical (unpaired) electrons. The van der Waals surface area contributed by atoms with Crippen LogP contribution in [0.2, 0.25) is 0 Å². The van der Waals surface area contributed by atoms with E-state index in [0.29, 0.717) is 16.7 Å². The average molecular weight is 348 g/mol. The van der Waals surface area contributed by atoms with Gasteiger partial charge in [-0.05, 0) is 24.3 Å². The predicted molar refractivity (Wildman–Crippen MR) is 96.5 cm³/mol. The van der Waals surface area contributed by atoms with Crippen molar-refractivity contribution in [1.29, 1.82) is 0 Å². The van der Waals surface area contributed by atoms with Crippen LogP contribution in [0.1, 0.15) is 0 Å². The summed E-state index contributed by atoms with van der Waals surface area (Å²) in [6.07, 6.45) is 4.63. The summed E-state index contributed by atoms with van der Waals surface area (Å²) in [5, 5.41) is 3.12. The Morgan fingerprint density at radius 1 is 1.19 bits per heavy atom. The highest BCUT2D eigenvalue weighted by molar-refractivity contribution is 5.78. The third kappa shape index (κ3) is 4.45. The Kier molecular flexibility index (Phi) is 5.58. The number of rotatable bonds is 5. The first-order valence-corrected chi connectivity index (χ1v) is 7.93. The molecule has 2 heterocycles.